The summed E-state index contributed by atoms with van der Waals surface area (Å²) in [7, 11) is -4.63. The van der Waals surface area contributed by atoms with Gasteiger partial charge in [0, 0.05) is 0 Å². The average Bonchev–Trinajstić information content (AvgIpc) is 2.61. The Morgan fingerprint density at radius 1 is 0.667 bits per heavy atom. The van der Waals surface area contributed by atoms with Crippen molar-refractivity contribution in [3.05, 3.63) is 0 Å². The first-order valence-electron chi connectivity index (χ1n) is 10.2. The van der Waals surface area contributed by atoms with Gasteiger partial charge in [-0.05, 0) is 13.3 Å². The van der Waals surface area contributed by atoms with Gasteiger partial charge >= 0.3 is 37.4 Å². The van der Waals surface area contributed by atoms with Crippen LogP contribution in [0.25, 0.3) is 0 Å². The maximum Gasteiger partial charge on any atom is 1.00 e. The predicted molar refractivity (Wildman–Crippen MR) is 98.8 cm³/mol. The van der Waals surface area contributed by atoms with Crippen molar-refractivity contribution >= 4 is 7.82 Å². The Kier molecular flexibility index (Phi) is 26.0. The summed E-state index contributed by atoms with van der Waals surface area (Å²) >= 11 is 0. The largest absolute Gasteiger partial charge is 1.00 e. The maximum atomic E-state index is 11.1. The second kappa shape index (κ2) is 23.3. The Hall–Kier alpha value is 0.990. The molecule has 0 rings (SSSR count). The van der Waals surface area contributed by atoms with E-state index < -0.39 is 7.82 Å². The summed E-state index contributed by atoms with van der Waals surface area (Å²) in [5.74, 6) is 0. The Morgan fingerprint density at radius 3 is 1.56 bits per heavy atom. The van der Waals surface area contributed by atoms with Gasteiger partial charge in [0.1, 0.15) is 0 Å². The van der Waals surface area contributed by atoms with Crippen molar-refractivity contribution in [2.45, 2.75) is 104 Å². The molecule has 9 heteroatoms. The zero-order chi connectivity index (χ0) is 19.3. The molecular formula is C18H38NaO7P. The molecule has 0 heterocycles. The van der Waals surface area contributed by atoms with Gasteiger partial charge in [0.25, 0.3) is 0 Å². The van der Waals surface area contributed by atoms with Crippen molar-refractivity contribution in [1.29, 1.82) is 0 Å². The summed E-state index contributed by atoms with van der Waals surface area (Å²) in [6.07, 6.45) is 17.6. The molecule has 0 spiro atoms. The van der Waals surface area contributed by atoms with E-state index >= 15 is 0 Å². The summed E-state index contributed by atoms with van der Waals surface area (Å²) in [6, 6.07) is 0. The standard InChI is InChI=1S/C18H39O7P.Na/c1-3-5-6-7-8-9-10-11-12-13-14-15-16-17-18-22-24-26(19,20)25-23-21-4-2;/h3-18H2,1-2H3,(H,19,20);/q;+1/p-1. The summed E-state index contributed by atoms with van der Waals surface area (Å²) in [6.45, 7) is 4.22. The molecule has 0 aliphatic carbocycles. The molecule has 0 aliphatic heterocycles. The van der Waals surface area contributed by atoms with Gasteiger partial charge in [0.05, 0.1) is 13.2 Å². The number of hydrogen-bond donors (Lipinski definition) is 0. The SMILES string of the molecule is CCCCCCCCCCCCCCCCOOP(=O)([O-])OOOCC.[Na+]. The van der Waals surface area contributed by atoms with Gasteiger partial charge in [-0.2, -0.15) is 4.67 Å². The third kappa shape index (κ3) is 25.0. The predicted octanol–water partition coefficient (Wildman–Crippen LogP) is 2.79. The van der Waals surface area contributed by atoms with Crippen LogP contribution in [0.1, 0.15) is 104 Å². The van der Waals surface area contributed by atoms with Gasteiger partial charge < -0.3 is 4.89 Å². The van der Waals surface area contributed by atoms with Crippen LogP contribution < -0.4 is 34.5 Å². The molecule has 0 saturated heterocycles. The third-order valence-electron chi connectivity index (χ3n) is 4.01. The van der Waals surface area contributed by atoms with Crippen LogP contribution in [-0.4, -0.2) is 13.2 Å². The first-order chi connectivity index (χ1) is 12.6. The summed E-state index contributed by atoms with van der Waals surface area (Å²) in [4.78, 5) is 20.0. The minimum absolute atomic E-state index is 0. The Balaban J connectivity index is 0. The average molecular weight is 420 g/mol. The van der Waals surface area contributed by atoms with Crippen LogP contribution >= 0.6 is 7.82 Å². The molecule has 1 unspecified atom stereocenters. The van der Waals surface area contributed by atoms with E-state index in [-0.39, 0.29) is 42.8 Å². The molecule has 158 valence electrons. The van der Waals surface area contributed by atoms with Crippen LogP contribution in [0.4, 0.5) is 0 Å². The molecule has 0 aromatic rings. The monoisotopic (exact) mass is 420 g/mol. The van der Waals surface area contributed by atoms with E-state index in [2.05, 4.69) is 31.1 Å². The van der Waals surface area contributed by atoms with E-state index in [1.54, 1.807) is 6.92 Å². The number of unbranched alkanes of at least 4 members (excludes halogenated alkanes) is 13. The van der Waals surface area contributed by atoms with Crippen molar-refractivity contribution in [2.24, 2.45) is 0 Å². The van der Waals surface area contributed by atoms with Crippen LogP contribution in [0.2, 0.25) is 0 Å². The van der Waals surface area contributed by atoms with Gasteiger partial charge in [-0.25, -0.2) is 9.78 Å². The smallest absolute Gasteiger partial charge is 0.753 e. The Bertz CT molecular complexity index is 335. The second-order valence-electron chi connectivity index (χ2n) is 6.49. The molecule has 0 radical (unpaired) electrons. The summed E-state index contributed by atoms with van der Waals surface area (Å²) in [5, 5.41) is 3.95. The Labute approximate surface area is 187 Å². The van der Waals surface area contributed by atoms with Crippen LogP contribution in [0, 0.1) is 0 Å². The molecule has 0 saturated carbocycles. The van der Waals surface area contributed by atoms with Gasteiger partial charge in [0.15, 0.2) is 0 Å². The normalized spacial score (nSPS) is 13.3. The topological polar surface area (TPSA) is 86.3 Å². The van der Waals surface area contributed by atoms with Crippen LogP contribution in [0.15, 0.2) is 0 Å². The van der Waals surface area contributed by atoms with Crippen molar-refractivity contribution in [3.8, 4) is 0 Å². The molecule has 0 aromatic carbocycles. The fraction of sp³-hybridized carbons (Fsp3) is 1.00. The Morgan fingerprint density at radius 2 is 1.11 bits per heavy atom. The number of rotatable bonds is 21. The van der Waals surface area contributed by atoms with E-state index in [0.717, 1.165) is 19.3 Å². The van der Waals surface area contributed by atoms with Crippen molar-refractivity contribution in [2.75, 3.05) is 13.2 Å². The van der Waals surface area contributed by atoms with E-state index in [0.29, 0.717) is 0 Å². The molecule has 0 aromatic heterocycles. The summed E-state index contributed by atoms with van der Waals surface area (Å²) in [5.41, 5.74) is 0. The van der Waals surface area contributed by atoms with E-state index in [1.807, 2.05) is 0 Å². The number of hydrogen-bond acceptors (Lipinski definition) is 7. The first-order valence-corrected chi connectivity index (χ1v) is 11.7. The fourth-order valence-electron chi connectivity index (χ4n) is 2.58. The molecule has 0 fully saturated rings. The van der Waals surface area contributed by atoms with Crippen LogP contribution in [-0.2, 0) is 28.7 Å². The minimum Gasteiger partial charge on any atom is -0.753 e. The maximum absolute atomic E-state index is 11.1. The molecular weight excluding hydrogens is 382 g/mol. The number of phosphoric acid groups is 1. The first kappa shape index (κ1) is 30.2. The van der Waals surface area contributed by atoms with E-state index in [4.69, 9.17) is 0 Å². The summed E-state index contributed by atoms with van der Waals surface area (Å²) < 4.78 is 19.2. The van der Waals surface area contributed by atoms with Crippen LogP contribution in [0.5, 0.6) is 0 Å². The van der Waals surface area contributed by atoms with E-state index in [1.165, 1.54) is 70.6 Å². The van der Waals surface area contributed by atoms with E-state index in [9.17, 15) is 9.46 Å². The zero-order valence-corrected chi connectivity index (χ0v) is 20.5. The zero-order valence-electron chi connectivity index (χ0n) is 17.6. The molecule has 0 bridgehead atoms. The van der Waals surface area contributed by atoms with Crippen LogP contribution in [0.3, 0.4) is 0 Å². The minimum atomic E-state index is -4.63. The van der Waals surface area contributed by atoms with Gasteiger partial charge in [-0.15, -0.1) is 4.67 Å². The fourth-order valence-corrected chi connectivity index (χ4v) is 2.92. The molecule has 7 nitrogen and oxygen atoms in total. The van der Waals surface area contributed by atoms with Crippen molar-refractivity contribution < 1.29 is 63.2 Å². The molecule has 0 N–H and O–H groups in total. The second-order valence-corrected chi connectivity index (χ2v) is 7.68. The van der Waals surface area contributed by atoms with Gasteiger partial charge in [-0.3, -0.25) is 4.57 Å². The third-order valence-corrected chi connectivity index (χ3v) is 4.54. The molecule has 1 atom stereocenters. The molecule has 0 amide bonds. The quantitative estimate of drug-likeness (QED) is 0.0928. The molecule has 27 heavy (non-hydrogen) atoms. The van der Waals surface area contributed by atoms with Crippen molar-refractivity contribution in [3.63, 3.8) is 0 Å². The van der Waals surface area contributed by atoms with Gasteiger partial charge in [0.2, 0.25) is 0 Å². The van der Waals surface area contributed by atoms with Crippen molar-refractivity contribution in [1.82, 2.24) is 0 Å². The molecule has 0 aliphatic rings. The van der Waals surface area contributed by atoms with Gasteiger partial charge in [-0.1, -0.05) is 95.4 Å².